The van der Waals surface area contributed by atoms with Gasteiger partial charge < -0.3 is 10.2 Å². The molecule has 1 N–H and O–H groups in total. The van der Waals surface area contributed by atoms with Gasteiger partial charge in [-0.25, -0.2) is 0 Å². The zero-order valence-corrected chi connectivity index (χ0v) is 20.4. The molecule has 2 unspecified atom stereocenters. The van der Waals surface area contributed by atoms with Gasteiger partial charge >= 0.3 is 0 Å². The van der Waals surface area contributed by atoms with Crippen molar-refractivity contribution in [3.05, 3.63) is 105 Å². The zero-order valence-electron chi connectivity index (χ0n) is 18.1. The predicted molar refractivity (Wildman–Crippen MR) is 138 cm³/mol. The zero-order chi connectivity index (χ0) is 22.8. The molecule has 0 radical (unpaired) electrons. The first-order valence-electron chi connectivity index (χ1n) is 11.1. The van der Waals surface area contributed by atoms with Gasteiger partial charge in [0.05, 0.1) is 17.7 Å². The summed E-state index contributed by atoms with van der Waals surface area (Å²) >= 11 is 19.1. The van der Waals surface area contributed by atoms with Crippen molar-refractivity contribution in [2.24, 2.45) is 4.99 Å². The van der Waals surface area contributed by atoms with E-state index in [1.807, 2.05) is 42.5 Å². The Morgan fingerprint density at radius 2 is 1.39 bits per heavy atom. The molecule has 170 valence electrons. The minimum Gasteiger partial charge on any atom is -0.334 e. The molecule has 0 bridgehead atoms. The fourth-order valence-electron chi connectivity index (χ4n) is 4.61. The number of piperazine rings is 1. The molecule has 1 fully saturated rings. The molecular weight excluding hydrogens is 475 g/mol. The number of aliphatic imine (C=N–C) groups is 1. The Hall–Kier alpha value is -2.08. The van der Waals surface area contributed by atoms with Crippen molar-refractivity contribution in [2.75, 3.05) is 32.8 Å². The van der Waals surface area contributed by atoms with Crippen LogP contribution in [-0.4, -0.2) is 48.5 Å². The van der Waals surface area contributed by atoms with E-state index >= 15 is 0 Å². The van der Waals surface area contributed by atoms with Crippen molar-refractivity contribution < 1.29 is 0 Å². The maximum Gasteiger partial charge on any atom is 0.134 e. The third kappa shape index (κ3) is 4.91. The van der Waals surface area contributed by atoms with Crippen LogP contribution in [0.4, 0.5) is 0 Å². The topological polar surface area (TPSA) is 30.9 Å². The Kier molecular flexibility index (Phi) is 6.91. The average Bonchev–Trinajstić information content (AvgIpc) is 3.20. The number of halogens is 3. The van der Waals surface area contributed by atoms with Gasteiger partial charge in [-0.1, -0.05) is 71.2 Å². The van der Waals surface area contributed by atoms with Crippen LogP contribution in [0.15, 0.2) is 77.8 Å². The van der Waals surface area contributed by atoms with E-state index < -0.39 is 0 Å². The van der Waals surface area contributed by atoms with Gasteiger partial charge in [-0.3, -0.25) is 9.89 Å². The van der Waals surface area contributed by atoms with E-state index in [4.69, 9.17) is 39.8 Å². The van der Waals surface area contributed by atoms with Crippen LogP contribution in [0.25, 0.3) is 0 Å². The van der Waals surface area contributed by atoms with Gasteiger partial charge in [0.25, 0.3) is 0 Å². The van der Waals surface area contributed by atoms with E-state index in [-0.39, 0.29) is 12.1 Å². The summed E-state index contributed by atoms with van der Waals surface area (Å²) in [5.41, 5.74) is 3.23. The Morgan fingerprint density at radius 1 is 0.788 bits per heavy atom. The highest BCUT2D eigenvalue weighted by atomic mass is 35.5. The van der Waals surface area contributed by atoms with Crippen molar-refractivity contribution in [1.82, 2.24) is 15.1 Å². The SMILES string of the molecule is Clc1ccc(C2N=C(c3ccccc3Cl)N(CN3CCNCC3)C2c2ccc(Cl)cc2)cc1. The Labute approximate surface area is 209 Å². The monoisotopic (exact) mass is 498 g/mol. The summed E-state index contributed by atoms with van der Waals surface area (Å²) in [6.07, 6.45) is 0. The first-order valence-corrected chi connectivity index (χ1v) is 12.3. The van der Waals surface area contributed by atoms with Gasteiger partial charge in [-0.2, -0.15) is 0 Å². The van der Waals surface area contributed by atoms with Crippen LogP contribution in [0.5, 0.6) is 0 Å². The fourth-order valence-corrected chi connectivity index (χ4v) is 5.08. The van der Waals surface area contributed by atoms with Crippen LogP contribution in [0.2, 0.25) is 15.1 Å². The second-order valence-corrected chi connectivity index (χ2v) is 9.68. The normalized spacial score (nSPS) is 21.3. The molecule has 2 aliphatic heterocycles. The highest BCUT2D eigenvalue weighted by Gasteiger charge is 2.40. The van der Waals surface area contributed by atoms with Gasteiger partial charge in [0.2, 0.25) is 0 Å². The van der Waals surface area contributed by atoms with Crippen LogP contribution in [0, 0.1) is 0 Å². The average molecular weight is 500 g/mol. The van der Waals surface area contributed by atoms with Crippen molar-refractivity contribution in [3.63, 3.8) is 0 Å². The van der Waals surface area contributed by atoms with Crippen molar-refractivity contribution in [2.45, 2.75) is 12.1 Å². The van der Waals surface area contributed by atoms with Gasteiger partial charge in [-0.15, -0.1) is 0 Å². The summed E-state index contributed by atoms with van der Waals surface area (Å²) in [7, 11) is 0. The Morgan fingerprint density at radius 3 is 2.03 bits per heavy atom. The molecule has 33 heavy (non-hydrogen) atoms. The van der Waals surface area contributed by atoms with E-state index in [1.54, 1.807) is 0 Å². The second-order valence-electron chi connectivity index (χ2n) is 8.40. The molecule has 0 spiro atoms. The molecule has 2 atom stereocenters. The number of nitrogens with one attached hydrogen (secondary N) is 1. The molecule has 3 aromatic carbocycles. The summed E-state index contributed by atoms with van der Waals surface area (Å²) < 4.78 is 0. The maximum absolute atomic E-state index is 6.68. The largest absolute Gasteiger partial charge is 0.334 e. The van der Waals surface area contributed by atoms with E-state index in [9.17, 15) is 0 Å². The van der Waals surface area contributed by atoms with Crippen LogP contribution < -0.4 is 5.32 Å². The first-order chi connectivity index (χ1) is 16.1. The lowest BCUT2D eigenvalue weighted by molar-refractivity contribution is 0.142. The van der Waals surface area contributed by atoms with Crippen molar-refractivity contribution >= 4 is 40.6 Å². The molecule has 4 nitrogen and oxygen atoms in total. The summed E-state index contributed by atoms with van der Waals surface area (Å²) in [6.45, 7) is 4.72. The van der Waals surface area contributed by atoms with E-state index in [0.717, 1.165) is 54.8 Å². The standard InChI is InChI=1S/C26H25Cl3N4/c27-20-9-5-18(6-10-20)24-25(19-7-11-21(28)12-8-19)33(17-32-15-13-30-14-16-32)26(31-24)22-3-1-2-4-23(22)29/h1-12,24-25,30H,13-17H2. The molecule has 2 aliphatic rings. The van der Waals surface area contributed by atoms with Gasteiger partial charge in [0.1, 0.15) is 11.9 Å². The van der Waals surface area contributed by atoms with Crippen LogP contribution in [0.3, 0.4) is 0 Å². The number of hydrogen-bond acceptors (Lipinski definition) is 4. The van der Waals surface area contributed by atoms with E-state index in [0.29, 0.717) is 10.0 Å². The molecule has 0 aliphatic carbocycles. The number of amidine groups is 1. The first kappa shape index (κ1) is 22.7. The lowest BCUT2D eigenvalue weighted by Gasteiger charge is -2.37. The third-order valence-electron chi connectivity index (χ3n) is 6.27. The van der Waals surface area contributed by atoms with Crippen molar-refractivity contribution in [1.29, 1.82) is 0 Å². The molecule has 0 aromatic heterocycles. The third-order valence-corrected chi connectivity index (χ3v) is 7.10. The minimum absolute atomic E-state index is 0.00426. The van der Waals surface area contributed by atoms with Crippen LogP contribution in [0.1, 0.15) is 28.8 Å². The fraction of sp³-hybridized carbons (Fsp3) is 0.269. The molecule has 7 heteroatoms. The van der Waals surface area contributed by atoms with E-state index in [1.165, 1.54) is 5.56 Å². The van der Waals surface area contributed by atoms with Gasteiger partial charge in [0.15, 0.2) is 0 Å². The molecule has 5 rings (SSSR count). The van der Waals surface area contributed by atoms with Crippen LogP contribution >= 0.6 is 34.8 Å². The summed E-state index contributed by atoms with van der Waals surface area (Å²) in [5.74, 6) is 0.916. The van der Waals surface area contributed by atoms with Crippen molar-refractivity contribution in [3.8, 4) is 0 Å². The van der Waals surface area contributed by atoms with E-state index in [2.05, 4.69) is 45.4 Å². The Bertz CT molecular complexity index is 1130. The molecular formula is C26H25Cl3N4. The number of rotatable bonds is 5. The number of benzene rings is 3. The van der Waals surface area contributed by atoms with Gasteiger partial charge in [-0.05, 0) is 47.5 Å². The summed E-state index contributed by atoms with van der Waals surface area (Å²) in [4.78, 5) is 10.2. The second kappa shape index (κ2) is 10.0. The highest BCUT2D eigenvalue weighted by molar-refractivity contribution is 6.34. The highest BCUT2D eigenvalue weighted by Crippen LogP contribution is 2.44. The summed E-state index contributed by atoms with van der Waals surface area (Å²) in [5, 5.41) is 5.58. The number of hydrogen-bond donors (Lipinski definition) is 1. The minimum atomic E-state index is -0.0994. The smallest absolute Gasteiger partial charge is 0.134 e. The molecule has 2 heterocycles. The van der Waals surface area contributed by atoms with Crippen LogP contribution in [-0.2, 0) is 0 Å². The number of nitrogens with zero attached hydrogens (tertiary/aromatic N) is 3. The molecule has 0 amide bonds. The Balaban J connectivity index is 1.62. The molecule has 1 saturated heterocycles. The molecule has 3 aromatic rings. The lowest BCUT2D eigenvalue weighted by Crippen LogP contribution is -2.49. The maximum atomic E-state index is 6.68. The molecule has 0 saturated carbocycles. The lowest BCUT2D eigenvalue weighted by atomic mass is 9.94. The van der Waals surface area contributed by atoms with Gasteiger partial charge in [0, 0.05) is 41.8 Å². The summed E-state index contributed by atoms with van der Waals surface area (Å²) in [6, 6.07) is 24.0. The quantitative estimate of drug-likeness (QED) is 0.463. The predicted octanol–water partition coefficient (Wildman–Crippen LogP) is 6.05.